The highest BCUT2D eigenvalue weighted by atomic mass is 16.5. The lowest BCUT2D eigenvalue weighted by molar-refractivity contribution is 0.170. The Kier molecular flexibility index (Phi) is 6.84. The zero-order chi connectivity index (χ0) is 15.1. The van der Waals surface area contributed by atoms with Gasteiger partial charge in [0.2, 0.25) is 0 Å². The van der Waals surface area contributed by atoms with E-state index in [4.69, 9.17) is 15.2 Å². The Balaban J connectivity index is 3.15. The molecule has 1 rings (SSSR count). The van der Waals surface area contributed by atoms with Crippen molar-refractivity contribution in [2.45, 2.75) is 33.4 Å². The van der Waals surface area contributed by atoms with Crippen LogP contribution in [0.1, 0.15) is 23.7 Å². The molecule has 0 aromatic carbocycles. The van der Waals surface area contributed by atoms with Gasteiger partial charge < -0.3 is 20.1 Å². The number of hydrogen-bond acceptors (Lipinski definition) is 6. The number of aromatic nitrogens is 2. The Morgan fingerprint density at radius 3 is 2.45 bits per heavy atom. The Bertz CT molecular complexity index is 426. The molecule has 1 aromatic heterocycles. The molecule has 1 aromatic rings. The van der Waals surface area contributed by atoms with Crippen molar-refractivity contribution in [2.24, 2.45) is 5.73 Å². The van der Waals surface area contributed by atoms with Gasteiger partial charge >= 0.3 is 0 Å². The molecule has 0 amide bonds. The Labute approximate surface area is 121 Å². The molecule has 114 valence electrons. The molecule has 0 saturated carbocycles. The van der Waals surface area contributed by atoms with Crippen LogP contribution in [0.2, 0.25) is 0 Å². The largest absolute Gasteiger partial charge is 0.383 e. The molecule has 0 aliphatic carbocycles. The predicted octanol–water partition coefficient (Wildman–Crippen LogP) is 1.04. The molecule has 1 unspecified atom stereocenters. The lowest BCUT2D eigenvalue weighted by Gasteiger charge is -2.31. The summed E-state index contributed by atoms with van der Waals surface area (Å²) in [4.78, 5) is 2.15. The van der Waals surface area contributed by atoms with Crippen molar-refractivity contribution in [1.29, 1.82) is 0 Å². The van der Waals surface area contributed by atoms with E-state index in [2.05, 4.69) is 22.0 Å². The molecule has 0 spiro atoms. The van der Waals surface area contributed by atoms with Crippen LogP contribution in [0.3, 0.4) is 0 Å². The third-order valence-electron chi connectivity index (χ3n) is 3.51. The highest BCUT2D eigenvalue weighted by Crippen LogP contribution is 2.23. The van der Waals surface area contributed by atoms with E-state index in [1.54, 1.807) is 14.2 Å². The standard InChI is InChI=1S/C14H26N4O2/c1-10(9-20-5)18(6-7-19-4)14-13(8-15)11(2)12(3)16-17-14/h10H,6-9,15H2,1-5H3. The molecular weight excluding hydrogens is 256 g/mol. The summed E-state index contributed by atoms with van der Waals surface area (Å²) in [6.45, 7) is 8.48. The zero-order valence-electron chi connectivity index (χ0n) is 13.1. The minimum Gasteiger partial charge on any atom is -0.383 e. The number of nitrogens with two attached hydrogens (primary N) is 1. The molecule has 0 radical (unpaired) electrons. The van der Waals surface area contributed by atoms with Gasteiger partial charge in [0.1, 0.15) is 0 Å². The van der Waals surface area contributed by atoms with Crippen LogP contribution in [0.4, 0.5) is 5.82 Å². The number of nitrogens with zero attached hydrogens (tertiary/aromatic N) is 3. The first kappa shape index (κ1) is 16.8. The molecule has 0 saturated heterocycles. The second-order valence-corrected chi connectivity index (χ2v) is 4.91. The maximum atomic E-state index is 5.90. The summed E-state index contributed by atoms with van der Waals surface area (Å²) in [5.74, 6) is 0.831. The van der Waals surface area contributed by atoms with E-state index >= 15 is 0 Å². The lowest BCUT2D eigenvalue weighted by Crippen LogP contribution is -2.40. The van der Waals surface area contributed by atoms with Gasteiger partial charge in [-0.25, -0.2) is 0 Å². The Morgan fingerprint density at radius 1 is 1.20 bits per heavy atom. The van der Waals surface area contributed by atoms with Crippen LogP contribution in [-0.4, -0.2) is 50.2 Å². The number of aryl methyl sites for hydroxylation is 1. The summed E-state index contributed by atoms with van der Waals surface area (Å²) in [5.41, 5.74) is 8.96. The number of rotatable bonds is 8. The molecule has 0 aliphatic heterocycles. The van der Waals surface area contributed by atoms with Gasteiger partial charge in [-0.15, -0.1) is 5.10 Å². The number of anilines is 1. The van der Waals surface area contributed by atoms with Crippen LogP contribution in [-0.2, 0) is 16.0 Å². The quantitative estimate of drug-likeness (QED) is 0.768. The van der Waals surface area contributed by atoms with Gasteiger partial charge in [-0.05, 0) is 26.3 Å². The summed E-state index contributed by atoms with van der Waals surface area (Å²) >= 11 is 0. The number of hydrogen-bond donors (Lipinski definition) is 1. The molecule has 20 heavy (non-hydrogen) atoms. The fourth-order valence-electron chi connectivity index (χ4n) is 2.17. The fraction of sp³-hybridized carbons (Fsp3) is 0.714. The molecule has 0 fully saturated rings. The molecule has 6 heteroatoms. The highest BCUT2D eigenvalue weighted by molar-refractivity contribution is 5.51. The Morgan fingerprint density at radius 2 is 1.90 bits per heavy atom. The molecule has 0 aliphatic rings. The van der Waals surface area contributed by atoms with Crippen LogP contribution in [0.5, 0.6) is 0 Å². The SMILES string of the molecule is COCCN(c1nnc(C)c(C)c1CN)C(C)COC. The first-order valence-electron chi connectivity index (χ1n) is 6.84. The minimum atomic E-state index is 0.178. The van der Waals surface area contributed by atoms with Crippen molar-refractivity contribution >= 4 is 5.82 Å². The van der Waals surface area contributed by atoms with Gasteiger partial charge in [0.25, 0.3) is 0 Å². The number of ether oxygens (including phenoxy) is 2. The van der Waals surface area contributed by atoms with Gasteiger partial charge in [0.05, 0.1) is 24.9 Å². The first-order chi connectivity index (χ1) is 9.56. The topological polar surface area (TPSA) is 73.5 Å². The van der Waals surface area contributed by atoms with E-state index in [1.165, 1.54) is 0 Å². The minimum absolute atomic E-state index is 0.178. The van der Waals surface area contributed by atoms with Crippen LogP contribution in [0, 0.1) is 13.8 Å². The van der Waals surface area contributed by atoms with Crippen molar-refractivity contribution in [1.82, 2.24) is 10.2 Å². The lowest BCUT2D eigenvalue weighted by atomic mass is 10.1. The summed E-state index contributed by atoms with van der Waals surface area (Å²) < 4.78 is 10.4. The van der Waals surface area contributed by atoms with E-state index in [0.29, 0.717) is 19.8 Å². The van der Waals surface area contributed by atoms with E-state index < -0.39 is 0 Å². The van der Waals surface area contributed by atoms with Gasteiger partial charge in [0.15, 0.2) is 5.82 Å². The monoisotopic (exact) mass is 282 g/mol. The van der Waals surface area contributed by atoms with Gasteiger partial charge in [-0.2, -0.15) is 5.10 Å². The normalized spacial score (nSPS) is 12.5. The molecule has 6 nitrogen and oxygen atoms in total. The zero-order valence-corrected chi connectivity index (χ0v) is 13.1. The second-order valence-electron chi connectivity index (χ2n) is 4.91. The van der Waals surface area contributed by atoms with Crippen LogP contribution in [0.15, 0.2) is 0 Å². The maximum Gasteiger partial charge on any atom is 0.156 e. The van der Waals surface area contributed by atoms with Crippen LogP contribution >= 0.6 is 0 Å². The van der Waals surface area contributed by atoms with E-state index in [0.717, 1.165) is 29.2 Å². The van der Waals surface area contributed by atoms with Crippen molar-refractivity contribution in [3.05, 3.63) is 16.8 Å². The van der Waals surface area contributed by atoms with Crippen molar-refractivity contribution < 1.29 is 9.47 Å². The van der Waals surface area contributed by atoms with E-state index in [1.807, 2.05) is 13.8 Å². The fourth-order valence-corrected chi connectivity index (χ4v) is 2.17. The summed E-state index contributed by atoms with van der Waals surface area (Å²) in [6.07, 6.45) is 0. The van der Waals surface area contributed by atoms with E-state index in [9.17, 15) is 0 Å². The molecule has 2 N–H and O–H groups in total. The van der Waals surface area contributed by atoms with Gasteiger partial charge in [-0.1, -0.05) is 0 Å². The van der Waals surface area contributed by atoms with Crippen molar-refractivity contribution in [3.8, 4) is 0 Å². The maximum absolute atomic E-state index is 5.90. The van der Waals surface area contributed by atoms with Gasteiger partial charge in [-0.3, -0.25) is 0 Å². The molecular formula is C14H26N4O2. The highest BCUT2D eigenvalue weighted by Gasteiger charge is 2.21. The summed E-state index contributed by atoms with van der Waals surface area (Å²) in [6, 6.07) is 0.178. The summed E-state index contributed by atoms with van der Waals surface area (Å²) in [5, 5.41) is 8.58. The average Bonchev–Trinajstić information content (AvgIpc) is 2.43. The third kappa shape index (κ3) is 3.88. The summed E-state index contributed by atoms with van der Waals surface area (Å²) in [7, 11) is 3.38. The second kappa shape index (κ2) is 8.14. The smallest absolute Gasteiger partial charge is 0.156 e. The Hall–Kier alpha value is -1.24. The van der Waals surface area contributed by atoms with Gasteiger partial charge in [0, 0.05) is 32.9 Å². The van der Waals surface area contributed by atoms with Crippen molar-refractivity contribution in [3.63, 3.8) is 0 Å². The van der Waals surface area contributed by atoms with Crippen LogP contribution in [0.25, 0.3) is 0 Å². The third-order valence-corrected chi connectivity index (χ3v) is 3.51. The first-order valence-corrected chi connectivity index (χ1v) is 6.84. The number of methoxy groups -OCH3 is 2. The van der Waals surface area contributed by atoms with Crippen LogP contribution < -0.4 is 10.6 Å². The molecule has 1 atom stereocenters. The van der Waals surface area contributed by atoms with Crippen molar-refractivity contribution in [2.75, 3.05) is 38.9 Å². The molecule has 0 bridgehead atoms. The van der Waals surface area contributed by atoms with E-state index in [-0.39, 0.29) is 6.04 Å². The average molecular weight is 282 g/mol. The molecule has 1 heterocycles. The predicted molar refractivity (Wildman–Crippen MR) is 80.0 cm³/mol.